The van der Waals surface area contributed by atoms with Crippen LogP contribution in [0.15, 0.2) is 29.2 Å². The smallest absolute Gasteiger partial charge is 0.257 e. The Hall–Kier alpha value is -2.50. The number of hydrogen-bond acceptors (Lipinski definition) is 6. The predicted octanol–water partition coefficient (Wildman–Crippen LogP) is 5.02. The lowest BCUT2D eigenvalue weighted by atomic mass is 10.1. The highest BCUT2D eigenvalue weighted by atomic mass is 16.5. The molecule has 28 heavy (non-hydrogen) atoms. The first-order valence-corrected chi connectivity index (χ1v) is 10.0. The zero-order valence-electron chi connectivity index (χ0n) is 18.2. The van der Waals surface area contributed by atoms with Crippen molar-refractivity contribution < 1.29 is 14.2 Å². The van der Waals surface area contributed by atoms with E-state index in [1.54, 1.807) is 7.11 Å². The third-order valence-corrected chi connectivity index (χ3v) is 4.83. The van der Waals surface area contributed by atoms with Crippen LogP contribution < -0.4 is 10.1 Å². The fraction of sp³-hybridized carbons (Fsp3) is 0.545. The van der Waals surface area contributed by atoms with Crippen molar-refractivity contribution in [1.82, 2.24) is 9.97 Å². The highest BCUT2D eigenvalue weighted by Crippen LogP contribution is 2.33. The monoisotopic (exact) mass is 387 g/mol. The van der Waals surface area contributed by atoms with Crippen LogP contribution in [0, 0.1) is 6.92 Å². The second kappa shape index (κ2) is 10.2. The largest absolute Gasteiger partial charge is 0.496 e. The second-order valence-corrected chi connectivity index (χ2v) is 6.70. The van der Waals surface area contributed by atoms with Crippen LogP contribution in [0.3, 0.4) is 0 Å². The Labute approximate surface area is 168 Å². The molecule has 0 saturated heterocycles. The number of methoxy groups -OCH3 is 1. The Morgan fingerprint density at radius 1 is 1.14 bits per heavy atom. The van der Waals surface area contributed by atoms with Crippen LogP contribution in [0.1, 0.15) is 58.3 Å². The van der Waals surface area contributed by atoms with E-state index in [4.69, 9.17) is 24.2 Å². The van der Waals surface area contributed by atoms with Gasteiger partial charge in [-0.2, -0.15) is 0 Å². The molecule has 1 aliphatic rings. The fourth-order valence-electron chi connectivity index (χ4n) is 3.13. The SMILES string of the molecule is CCOC1=CC(OC)=C(c2nc(NC)c(OC(CC)CC)nc2C)CC=C1C. The summed E-state index contributed by atoms with van der Waals surface area (Å²) in [5.74, 6) is 2.74. The average Bonchev–Trinajstić information content (AvgIpc) is 2.85. The quantitative estimate of drug-likeness (QED) is 0.642. The maximum absolute atomic E-state index is 6.07. The van der Waals surface area contributed by atoms with Gasteiger partial charge in [-0.15, -0.1) is 0 Å². The first kappa shape index (κ1) is 21.8. The van der Waals surface area contributed by atoms with Crippen molar-refractivity contribution in [3.63, 3.8) is 0 Å². The number of hydrogen-bond donors (Lipinski definition) is 1. The van der Waals surface area contributed by atoms with E-state index in [9.17, 15) is 0 Å². The van der Waals surface area contributed by atoms with Gasteiger partial charge in [-0.25, -0.2) is 9.97 Å². The molecule has 0 saturated carbocycles. The van der Waals surface area contributed by atoms with Crippen molar-refractivity contribution >= 4 is 11.4 Å². The summed E-state index contributed by atoms with van der Waals surface area (Å²) in [6.45, 7) is 10.8. The first-order valence-electron chi connectivity index (χ1n) is 10.0. The van der Waals surface area contributed by atoms with Crippen LogP contribution in [0.25, 0.3) is 5.57 Å². The number of anilines is 1. The molecule has 6 heteroatoms. The lowest BCUT2D eigenvalue weighted by Gasteiger charge is -2.19. The van der Waals surface area contributed by atoms with E-state index >= 15 is 0 Å². The summed E-state index contributed by atoms with van der Waals surface area (Å²) >= 11 is 0. The third kappa shape index (κ3) is 4.86. The Kier molecular flexibility index (Phi) is 7.91. The van der Waals surface area contributed by atoms with E-state index in [1.807, 2.05) is 33.9 Å². The summed E-state index contributed by atoms with van der Waals surface area (Å²) in [6.07, 6.45) is 6.74. The molecule has 0 aromatic carbocycles. The molecule has 0 fully saturated rings. The number of aromatic nitrogens is 2. The Bertz CT molecular complexity index is 777. The van der Waals surface area contributed by atoms with Crippen LogP contribution in [0.2, 0.25) is 0 Å². The number of nitrogens with zero attached hydrogens (tertiary/aromatic N) is 2. The van der Waals surface area contributed by atoms with Gasteiger partial charge in [0.25, 0.3) is 5.88 Å². The second-order valence-electron chi connectivity index (χ2n) is 6.70. The maximum Gasteiger partial charge on any atom is 0.257 e. The van der Waals surface area contributed by atoms with Gasteiger partial charge in [0.15, 0.2) is 5.82 Å². The van der Waals surface area contributed by atoms with Gasteiger partial charge in [0.2, 0.25) is 0 Å². The fourth-order valence-corrected chi connectivity index (χ4v) is 3.13. The summed E-state index contributed by atoms with van der Waals surface area (Å²) in [5.41, 5.74) is 3.67. The Balaban J connectivity index is 2.53. The minimum Gasteiger partial charge on any atom is -0.496 e. The summed E-state index contributed by atoms with van der Waals surface area (Å²) in [4.78, 5) is 9.56. The van der Waals surface area contributed by atoms with E-state index in [-0.39, 0.29) is 6.10 Å². The normalized spacial score (nSPS) is 14.4. The van der Waals surface area contributed by atoms with Crippen LogP contribution in [0.5, 0.6) is 5.88 Å². The van der Waals surface area contributed by atoms with Gasteiger partial charge in [0.05, 0.1) is 25.1 Å². The van der Waals surface area contributed by atoms with E-state index in [1.165, 1.54) is 0 Å². The molecule has 6 nitrogen and oxygen atoms in total. The van der Waals surface area contributed by atoms with Crippen LogP contribution >= 0.6 is 0 Å². The van der Waals surface area contributed by atoms with Crippen molar-refractivity contribution in [2.45, 2.75) is 60.0 Å². The predicted molar refractivity (Wildman–Crippen MR) is 113 cm³/mol. The summed E-state index contributed by atoms with van der Waals surface area (Å²) in [6, 6.07) is 0. The van der Waals surface area contributed by atoms with Gasteiger partial charge in [0.1, 0.15) is 17.6 Å². The maximum atomic E-state index is 6.07. The lowest BCUT2D eigenvalue weighted by Crippen LogP contribution is -2.17. The van der Waals surface area contributed by atoms with Crippen molar-refractivity contribution in [3.8, 4) is 5.88 Å². The lowest BCUT2D eigenvalue weighted by molar-refractivity contribution is 0.185. The molecule has 1 aromatic rings. The van der Waals surface area contributed by atoms with Gasteiger partial charge in [0, 0.05) is 18.7 Å². The molecule has 0 amide bonds. The highest BCUT2D eigenvalue weighted by molar-refractivity contribution is 5.72. The van der Waals surface area contributed by atoms with Gasteiger partial charge in [-0.3, -0.25) is 0 Å². The van der Waals surface area contributed by atoms with Crippen LogP contribution in [-0.2, 0) is 9.47 Å². The van der Waals surface area contributed by atoms with Crippen molar-refractivity contribution in [2.75, 3.05) is 26.1 Å². The number of allylic oxidation sites excluding steroid dienone is 4. The molecule has 0 unspecified atom stereocenters. The third-order valence-electron chi connectivity index (χ3n) is 4.83. The molecule has 0 radical (unpaired) electrons. The van der Waals surface area contributed by atoms with Crippen molar-refractivity contribution in [2.24, 2.45) is 0 Å². The molecule has 1 aliphatic carbocycles. The van der Waals surface area contributed by atoms with Crippen molar-refractivity contribution in [1.29, 1.82) is 0 Å². The first-order chi connectivity index (χ1) is 13.5. The van der Waals surface area contributed by atoms with Gasteiger partial charge < -0.3 is 19.5 Å². The van der Waals surface area contributed by atoms with Gasteiger partial charge >= 0.3 is 0 Å². The number of ether oxygens (including phenoxy) is 3. The minimum atomic E-state index is 0.126. The topological polar surface area (TPSA) is 65.5 Å². The Morgan fingerprint density at radius 3 is 2.43 bits per heavy atom. The molecular weight excluding hydrogens is 354 g/mol. The van der Waals surface area contributed by atoms with Gasteiger partial charge in [-0.05, 0) is 45.6 Å². The summed E-state index contributed by atoms with van der Waals surface area (Å²) < 4.78 is 17.5. The summed E-state index contributed by atoms with van der Waals surface area (Å²) in [7, 11) is 3.50. The average molecular weight is 388 g/mol. The van der Waals surface area contributed by atoms with E-state index in [0.717, 1.165) is 46.9 Å². The van der Waals surface area contributed by atoms with E-state index in [2.05, 4.69) is 25.2 Å². The highest BCUT2D eigenvalue weighted by Gasteiger charge is 2.21. The number of aryl methyl sites for hydroxylation is 1. The summed E-state index contributed by atoms with van der Waals surface area (Å²) in [5, 5.41) is 3.12. The van der Waals surface area contributed by atoms with Crippen LogP contribution in [0.4, 0.5) is 5.82 Å². The Morgan fingerprint density at radius 2 is 1.86 bits per heavy atom. The zero-order valence-corrected chi connectivity index (χ0v) is 18.2. The molecule has 0 atom stereocenters. The zero-order chi connectivity index (χ0) is 20.7. The molecule has 0 bridgehead atoms. The van der Waals surface area contributed by atoms with Crippen molar-refractivity contribution in [3.05, 3.63) is 40.6 Å². The molecule has 0 aliphatic heterocycles. The number of nitrogens with one attached hydrogen (secondary N) is 1. The standard InChI is InChI=1S/C22H33N3O3/c1-8-16(9-2)28-22-21(23-6)25-20(15(5)24-22)17-12-11-14(4)18(27-10-3)13-19(17)26-7/h11,13,16H,8-10,12H2,1-7H3,(H,23,25). The molecule has 2 rings (SSSR count). The minimum absolute atomic E-state index is 0.126. The van der Waals surface area contributed by atoms with Gasteiger partial charge in [-0.1, -0.05) is 19.9 Å². The van der Waals surface area contributed by atoms with E-state index in [0.29, 0.717) is 24.7 Å². The van der Waals surface area contributed by atoms with Crippen LogP contribution in [-0.4, -0.2) is 36.8 Å². The van der Waals surface area contributed by atoms with E-state index < -0.39 is 0 Å². The molecule has 1 aromatic heterocycles. The molecule has 1 heterocycles. The number of rotatable bonds is 9. The molecule has 0 spiro atoms. The molecular formula is C22H33N3O3. The molecule has 154 valence electrons. The molecule has 1 N–H and O–H groups in total.